The van der Waals surface area contributed by atoms with Gasteiger partial charge >= 0.3 is 0 Å². The molecule has 1 N–H and O–H groups in total. The standard InChI is InChI=1S/C23H37N3O2S/c1-3-13-26(14-4-2)23(28)7-5-6-22(27)24-21-10-8-20(9-11-21)12-15-25-16-18-29-19-17-25/h8-11H,3-7,12-19H2,1-2H3,(H,24,27). The molecule has 6 heteroatoms. The summed E-state index contributed by atoms with van der Waals surface area (Å²) in [6.07, 6.45) is 4.42. The molecule has 0 unspecified atom stereocenters. The Hall–Kier alpha value is -1.53. The van der Waals surface area contributed by atoms with Gasteiger partial charge in [0.25, 0.3) is 0 Å². The highest BCUT2D eigenvalue weighted by molar-refractivity contribution is 7.99. The minimum absolute atomic E-state index is 0.0195. The van der Waals surface area contributed by atoms with Crippen LogP contribution < -0.4 is 5.32 Å². The van der Waals surface area contributed by atoms with Crippen LogP contribution >= 0.6 is 11.8 Å². The van der Waals surface area contributed by atoms with Gasteiger partial charge in [-0.2, -0.15) is 11.8 Å². The molecule has 2 rings (SSSR count). The second-order valence-electron chi connectivity index (χ2n) is 7.68. The van der Waals surface area contributed by atoms with Crippen LogP contribution in [0.15, 0.2) is 24.3 Å². The van der Waals surface area contributed by atoms with Gasteiger partial charge in [0, 0.05) is 62.8 Å². The molecule has 0 atom stereocenters. The molecular formula is C23H37N3O2S. The number of nitrogens with zero attached hydrogens (tertiary/aromatic N) is 2. The van der Waals surface area contributed by atoms with Crippen molar-refractivity contribution in [2.45, 2.75) is 52.4 Å². The number of hydrogen-bond acceptors (Lipinski definition) is 4. The average Bonchev–Trinajstić information content (AvgIpc) is 2.74. The van der Waals surface area contributed by atoms with Crippen molar-refractivity contribution in [3.05, 3.63) is 29.8 Å². The van der Waals surface area contributed by atoms with Crippen LogP contribution in [0.4, 0.5) is 5.69 Å². The summed E-state index contributed by atoms with van der Waals surface area (Å²) in [4.78, 5) is 28.9. The van der Waals surface area contributed by atoms with Gasteiger partial charge in [0.05, 0.1) is 0 Å². The third-order valence-corrected chi connectivity index (χ3v) is 6.13. The van der Waals surface area contributed by atoms with Crippen LogP contribution in [0.1, 0.15) is 51.5 Å². The fraction of sp³-hybridized carbons (Fsp3) is 0.652. The number of hydrogen-bond donors (Lipinski definition) is 1. The van der Waals surface area contributed by atoms with E-state index in [2.05, 4.69) is 36.2 Å². The molecule has 29 heavy (non-hydrogen) atoms. The van der Waals surface area contributed by atoms with E-state index in [0.29, 0.717) is 19.3 Å². The zero-order chi connectivity index (χ0) is 20.9. The van der Waals surface area contributed by atoms with E-state index in [1.807, 2.05) is 28.8 Å². The predicted octanol–water partition coefficient (Wildman–Crippen LogP) is 4.04. The van der Waals surface area contributed by atoms with Crippen molar-refractivity contribution in [1.82, 2.24) is 9.80 Å². The van der Waals surface area contributed by atoms with E-state index in [9.17, 15) is 9.59 Å². The van der Waals surface area contributed by atoms with Gasteiger partial charge in [0.15, 0.2) is 0 Å². The highest BCUT2D eigenvalue weighted by Gasteiger charge is 2.13. The van der Waals surface area contributed by atoms with E-state index in [0.717, 1.165) is 44.6 Å². The molecular weight excluding hydrogens is 382 g/mol. The summed E-state index contributed by atoms with van der Waals surface area (Å²) >= 11 is 2.04. The quantitative estimate of drug-likeness (QED) is 0.556. The van der Waals surface area contributed by atoms with Gasteiger partial charge in [-0.3, -0.25) is 9.59 Å². The molecule has 2 amide bonds. The lowest BCUT2D eigenvalue weighted by molar-refractivity contribution is -0.131. The fourth-order valence-electron chi connectivity index (χ4n) is 3.55. The van der Waals surface area contributed by atoms with Crippen LogP contribution in [0, 0.1) is 0 Å². The van der Waals surface area contributed by atoms with Crippen molar-refractivity contribution in [1.29, 1.82) is 0 Å². The second-order valence-corrected chi connectivity index (χ2v) is 8.91. The Bertz CT molecular complexity index is 609. The van der Waals surface area contributed by atoms with Gasteiger partial charge in [-0.15, -0.1) is 0 Å². The van der Waals surface area contributed by atoms with Crippen LogP contribution in [-0.4, -0.2) is 65.8 Å². The molecule has 0 spiro atoms. The molecule has 1 aromatic rings. The smallest absolute Gasteiger partial charge is 0.224 e. The number of nitrogens with one attached hydrogen (secondary N) is 1. The molecule has 0 aromatic heterocycles. The molecule has 162 valence electrons. The molecule has 0 radical (unpaired) electrons. The minimum atomic E-state index is -0.0195. The first-order chi connectivity index (χ1) is 14.1. The van der Waals surface area contributed by atoms with Crippen LogP contribution in [0.2, 0.25) is 0 Å². The Morgan fingerprint density at radius 2 is 1.69 bits per heavy atom. The van der Waals surface area contributed by atoms with E-state index < -0.39 is 0 Å². The van der Waals surface area contributed by atoms with Gasteiger partial charge in [-0.25, -0.2) is 0 Å². The van der Waals surface area contributed by atoms with Gasteiger partial charge in [-0.1, -0.05) is 26.0 Å². The van der Waals surface area contributed by atoms with Crippen molar-refractivity contribution in [3.63, 3.8) is 0 Å². The summed E-state index contributed by atoms with van der Waals surface area (Å²) in [5.74, 6) is 2.63. The van der Waals surface area contributed by atoms with Crippen molar-refractivity contribution < 1.29 is 9.59 Å². The number of amides is 2. The second kappa shape index (κ2) is 13.6. The van der Waals surface area contributed by atoms with E-state index in [1.165, 1.54) is 30.2 Å². The molecule has 1 saturated heterocycles. The van der Waals surface area contributed by atoms with E-state index in [-0.39, 0.29) is 11.8 Å². The molecule has 5 nitrogen and oxygen atoms in total. The predicted molar refractivity (Wildman–Crippen MR) is 124 cm³/mol. The largest absolute Gasteiger partial charge is 0.343 e. The van der Waals surface area contributed by atoms with Crippen molar-refractivity contribution in [3.8, 4) is 0 Å². The summed E-state index contributed by atoms with van der Waals surface area (Å²) in [7, 11) is 0. The maximum Gasteiger partial charge on any atom is 0.224 e. The third kappa shape index (κ3) is 9.22. The molecule has 1 aliphatic rings. The summed E-state index contributed by atoms with van der Waals surface area (Å²) in [6.45, 7) is 9.27. The van der Waals surface area contributed by atoms with E-state index >= 15 is 0 Å². The van der Waals surface area contributed by atoms with Gasteiger partial charge in [0.2, 0.25) is 11.8 Å². The Kier molecular flexibility index (Phi) is 11.2. The summed E-state index contributed by atoms with van der Waals surface area (Å²) in [5, 5.41) is 2.95. The Labute approximate surface area is 180 Å². The minimum Gasteiger partial charge on any atom is -0.343 e. The average molecular weight is 420 g/mol. The topological polar surface area (TPSA) is 52.7 Å². The molecule has 0 saturated carbocycles. The summed E-state index contributed by atoms with van der Waals surface area (Å²) in [6, 6.07) is 8.17. The molecule has 0 bridgehead atoms. The first kappa shape index (κ1) is 23.7. The van der Waals surface area contributed by atoms with Crippen LogP contribution in [-0.2, 0) is 16.0 Å². The first-order valence-corrected chi connectivity index (χ1v) is 12.2. The maximum absolute atomic E-state index is 12.3. The SMILES string of the molecule is CCCN(CCC)C(=O)CCCC(=O)Nc1ccc(CCN2CCSCC2)cc1. The van der Waals surface area contributed by atoms with Gasteiger partial charge in [0.1, 0.15) is 0 Å². The number of carbonyl (C=O) groups excluding carboxylic acids is 2. The fourth-order valence-corrected chi connectivity index (χ4v) is 4.53. The lowest BCUT2D eigenvalue weighted by atomic mass is 10.1. The Balaban J connectivity index is 1.67. The van der Waals surface area contributed by atoms with Gasteiger partial charge in [-0.05, 0) is 43.4 Å². The van der Waals surface area contributed by atoms with Crippen LogP contribution in [0.25, 0.3) is 0 Å². The van der Waals surface area contributed by atoms with Crippen molar-refractivity contribution in [2.24, 2.45) is 0 Å². The van der Waals surface area contributed by atoms with Gasteiger partial charge < -0.3 is 15.1 Å². The normalized spacial score (nSPS) is 14.6. The number of benzene rings is 1. The number of thioether (sulfide) groups is 1. The number of rotatable bonds is 12. The van der Waals surface area contributed by atoms with Crippen molar-refractivity contribution >= 4 is 29.3 Å². The Morgan fingerprint density at radius 1 is 1.03 bits per heavy atom. The highest BCUT2D eigenvalue weighted by atomic mass is 32.2. The lowest BCUT2D eigenvalue weighted by Gasteiger charge is -2.26. The molecule has 1 aromatic carbocycles. The van der Waals surface area contributed by atoms with E-state index in [4.69, 9.17) is 0 Å². The highest BCUT2D eigenvalue weighted by Crippen LogP contribution is 2.14. The molecule has 1 aliphatic heterocycles. The Morgan fingerprint density at radius 3 is 2.31 bits per heavy atom. The summed E-state index contributed by atoms with van der Waals surface area (Å²) < 4.78 is 0. The monoisotopic (exact) mass is 419 g/mol. The molecule has 0 aliphatic carbocycles. The maximum atomic E-state index is 12.3. The lowest BCUT2D eigenvalue weighted by Crippen LogP contribution is -2.34. The van der Waals surface area contributed by atoms with Crippen LogP contribution in [0.3, 0.4) is 0 Å². The number of anilines is 1. The molecule has 1 fully saturated rings. The molecule has 1 heterocycles. The van der Waals surface area contributed by atoms with E-state index in [1.54, 1.807) is 0 Å². The third-order valence-electron chi connectivity index (χ3n) is 5.19. The number of carbonyl (C=O) groups is 2. The zero-order valence-corrected chi connectivity index (χ0v) is 18.9. The van der Waals surface area contributed by atoms with Crippen LogP contribution in [0.5, 0.6) is 0 Å². The van der Waals surface area contributed by atoms with Crippen molar-refractivity contribution in [2.75, 3.05) is 49.5 Å². The summed E-state index contributed by atoms with van der Waals surface area (Å²) in [5.41, 5.74) is 2.14. The zero-order valence-electron chi connectivity index (χ0n) is 18.1. The first-order valence-electron chi connectivity index (χ1n) is 11.1.